The first-order valence-corrected chi connectivity index (χ1v) is 6.25. The topological polar surface area (TPSA) is 53.0 Å². The molecule has 0 spiro atoms. The molecule has 85 valence electrons. The molecule has 0 saturated carbocycles. The maximum Gasteiger partial charge on any atom is 0.141 e. The Morgan fingerprint density at radius 1 is 1.29 bits per heavy atom. The zero-order chi connectivity index (χ0) is 12.0. The third-order valence-corrected chi connectivity index (χ3v) is 3.52. The van der Waals surface area contributed by atoms with Crippen molar-refractivity contribution in [3.8, 4) is 11.1 Å². The fourth-order valence-corrected chi connectivity index (χ4v) is 2.51. The van der Waals surface area contributed by atoms with Gasteiger partial charge in [0.25, 0.3) is 0 Å². The summed E-state index contributed by atoms with van der Waals surface area (Å²) < 4.78 is 6.24. The van der Waals surface area contributed by atoms with Crippen molar-refractivity contribution < 1.29 is 4.52 Å². The number of nitrogens with zero attached hydrogens (tertiary/aromatic N) is 3. The summed E-state index contributed by atoms with van der Waals surface area (Å²) in [6.07, 6.45) is 3.67. The van der Waals surface area contributed by atoms with Crippen molar-refractivity contribution in [1.29, 1.82) is 0 Å². The first-order valence-electron chi connectivity index (χ1n) is 5.17. The lowest BCUT2D eigenvalue weighted by Crippen LogP contribution is -1.89. The van der Waals surface area contributed by atoms with E-state index >= 15 is 0 Å². The molecule has 0 aromatic carbocycles. The van der Waals surface area contributed by atoms with Crippen LogP contribution < -0.4 is 5.32 Å². The molecule has 0 aliphatic carbocycles. The molecule has 1 radical (unpaired) electrons. The normalized spacial score (nSPS) is 13.2. The van der Waals surface area contributed by atoms with Crippen LogP contribution in [0.25, 0.3) is 14.7 Å². The number of hydrogen-bond donors (Lipinski definition) is 0. The van der Waals surface area contributed by atoms with Gasteiger partial charge in [-0.15, -0.1) is 0 Å². The molecule has 17 heavy (non-hydrogen) atoms. The Labute approximate surface area is 112 Å². The molecule has 3 heterocycles. The standard InChI is InChI=1S/C12H9IN3O/c1-6-11(7(2)17-16-6)8-3-10-12(15-4-8)9(13)5-14-10/h3-5H,1-2H3. The van der Waals surface area contributed by atoms with E-state index in [9.17, 15) is 0 Å². The summed E-state index contributed by atoms with van der Waals surface area (Å²) in [5.41, 5.74) is 4.75. The van der Waals surface area contributed by atoms with Crippen LogP contribution in [0.2, 0.25) is 0 Å². The first kappa shape index (κ1) is 10.8. The van der Waals surface area contributed by atoms with Gasteiger partial charge < -0.3 is 4.52 Å². The van der Waals surface area contributed by atoms with E-state index < -0.39 is 0 Å². The molecule has 4 nitrogen and oxygen atoms in total. The highest BCUT2D eigenvalue weighted by Gasteiger charge is 2.18. The number of halogens is 1. The van der Waals surface area contributed by atoms with Crippen LogP contribution in [0.15, 0.2) is 23.0 Å². The molecule has 3 rings (SSSR count). The van der Waals surface area contributed by atoms with Gasteiger partial charge in [0.2, 0.25) is 0 Å². The third-order valence-electron chi connectivity index (χ3n) is 2.73. The van der Waals surface area contributed by atoms with E-state index in [0.717, 1.165) is 37.5 Å². The van der Waals surface area contributed by atoms with Crippen LogP contribution in [0.3, 0.4) is 0 Å². The Bertz CT molecular complexity index is 611. The van der Waals surface area contributed by atoms with Gasteiger partial charge in [-0.2, -0.15) is 0 Å². The number of pyridine rings is 1. The van der Waals surface area contributed by atoms with Crippen molar-refractivity contribution in [2.24, 2.45) is 0 Å². The highest BCUT2D eigenvalue weighted by Crippen LogP contribution is 2.36. The molecule has 1 aliphatic heterocycles. The summed E-state index contributed by atoms with van der Waals surface area (Å²) in [6.45, 7) is 3.83. The number of rotatable bonds is 1. The molecule has 1 aliphatic rings. The zero-order valence-electron chi connectivity index (χ0n) is 9.36. The van der Waals surface area contributed by atoms with Gasteiger partial charge >= 0.3 is 0 Å². The molecule has 0 saturated heterocycles. The second kappa shape index (κ2) is 3.83. The fourth-order valence-electron chi connectivity index (χ4n) is 1.95. The Morgan fingerprint density at radius 3 is 2.82 bits per heavy atom. The van der Waals surface area contributed by atoms with Gasteiger partial charge in [0, 0.05) is 23.5 Å². The minimum Gasteiger partial charge on any atom is -0.361 e. The van der Waals surface area contributed by atoms with E-state index in [2.05, 4.69) is 38.0 Å². The van der Waals surface area contributed by atoms with Crippen LogP contribution in [0.1, 0.15) is 17.1 Å². The molecule has 5 heteroatoms. The average molecular weight is 338 g/mol. The molecule has 0 atom stereocenters. The van der Waals surface area contributed by atoms with Crippen LogP contribution in [0.5, 0.6) is 0 Å². The van der Waals surface area contributed by atoms with Crippen molar-refractivity contribution in [3.63, 3.8) is 0 Å². The molecule has 2 aromatic rings. The van der Waals surface area contributed by atoms with Crippen molar-refractivity contribution in [1.82, 2.24) is 15.5 Å². The molecule has 0 fully saturated rings. The summed E-state index contributed by atoms with van der Waals surface area (Å²) in [5.74, 6) is 0.810. The number of hydrogen-bond acceptors (Lipinski definition) is 3. The average Bonchev–Trinajstić information content (AvgIpc) is 2.83. The summed E-state index contributed by atoms with van der Waals surface area (Å²) >= 11 is 2.24. The van der Waals surface area contributed by atoms with E-state index in [-0.39, 0.29) is 0 Å². The van der Waals surface area contributed by atoms with E-state index in [1.807, 2.05) is 32.3 Å². The van der Waals surface area contributed by atoms with Crippen LogP contribution in [0.4, 0.5) is 5.69 Å². The van der Waals surface area contributed by atoms with Gasteiger partial charge in [-0.05, 0) is 42.5 Å². The van der Waals surface area contributed by atoms with Crippen LogP contribution in [-0.2, 0) is 0 Å². The van der Waals surface area contributed by atoms with Gasteiger partial charge in [0.05, 0.1) is 15.0 Å². The van der Waals surface area contributed by atoms with E-state index in [4.69, 9.17) is 4.52 Å². The van der Waals surface area contributed by atoms with Gasteiger partial charge in [0.15, 0.2) is 0 Å². The molecular weight excluding hydrogens is 329 g/mol. The highest BCUT2D eigenvalue weighted by atomic mass is 127. The minimum atomic E-state index is 0.810. The molecule has 0 bridgehead atoms. The predicted octanol–water partition coefficient (Wildman–Crippen LogP) is 3.34. The Morgan fingerprint density at radius 2 is 2.12 bits per heavy atom. The van der Waals surface area contributed by atoms with Crippen molar-refractivity contribution in [2.45, 2.75) is 13.8 Å². The zero-order valence-corrected chi connectivity index (χ0v) is 11.5. The minimum absolute atomic E-state index is 0.810. The second-order valence-electron chi connectivity index (χ2n) is 3.90. The Hall–Kier alpha value is -1.37. The van der Waals surface area contributed by atoms with Gasteiger partial charge in [-0.25, -0.2) is 0 Å². The smallest absolute Gasteiger partial charge is 0.141 e. The van der Waals surface area contributed by atoms with Crippen molar-refractivity contribution in [2.75, 3.05) is 0 Å². The third kappa shape index (κ3) is 1.65. The maximum absolute atomic E-state index is 5.17. The molecule has 0 unspecified atom stereocenters. The molecule has 2 aromatic heterocycles. The SMILES string of the molecule is Cc1noc(C)c1-c1cnc2c(c1)[N]C=C2I. The second-order valence-corrected chi connectivity index (χ2v) is 5.06. The van der Waals surface area contributed by atoms with Gasteiger partial charge in [-0.1, -0.05) is 5.16 Å². The molecule has 0 amide bonds. The monoisotopic (exact) mass is 338 g/mol. The van der Waals surface area contributed by atoms with E-state index in [1.165, 1.54) is 0 Å². The first-order chi connectivity index (χ1) is 8.16. The fraction of sp³-hybridized carbons (Fsp3) is 0.167. The lowest BCUT2D eigenvalue weighted by molar-refractivity contribution is 0.393. The number of fused-ring (bicyclic) bond motifs is 1. The van der Waals surface area contributed by atoms with Crippen LogP contribution >= 0.6 is 22.6 Å². The van der Waals surface area contributed by atoms with E-state index in [0.29, 0.717) is 0 Å². The summed E-state index contributed by atoms with van der Waals surface area (Å²) in [4.78, 5) is 4.44. The molecular formula is C12H9IN3O. The Balaban J connectivity index is 2.13. The van der Waals surface area contributed by atoms with Crippen molar-refractivity contribution in [3.05, 3.63) is 35.6 Å². The highest BCUT2D eigenvalue weighted by molar-refractivity contribution is 14.1. The summed E-state index contributed by atoms with van der Waals surface area (Å²) in [5, 5.41) is 8.28. The van der Waals surface area contributed by atoms with E-state index in [1.54, 1.807) is 0 Å². The van der Waals surface area contributed by atoms with Crippen LogP contribution in [-0.4, -0.2) is 10.1 Å². The van der Waals surface area contributed by atoms with Crippen LogP contribution in [0, 0.1) is 13.8 Å². The number of aromatic nitrogens is 2. The number of aryl methyl sites for hydroxylation is 2. The van der Waals surface area contributed by atoms with Gasteiger partial charge in [0.1, 0.15) is 11.5 Å². The van der Waals surface area contributed by atoms with Gasteiger partial charge in [-0.3, -0.25) is 10.3 Å². The predicted molar refractivity (Wildman–Crippen MR) is 73.0 cm³/mol. The lowest BCUT2D eigenvalue weighted by atomic mass is 10.1. The Kier molecular flexibility index (Phi) is 2.43. The van der Waals surface area contributed by atoms with Crippen molar-refractivity contribution >= 4 is 31.9 Å². The summed E-state index contributed by atoms with van der Waals surface area (Å²) in [6, 6.07) is 2.02. The maximum atomic E-state index is 5.17. The molecule has 0 N–H and O–H groups in total. The summed E-state index contributed by atoms with van der Waals surface area (Å²) in [7, 11) is 0. The quantitative estimate of drug-likeness (QED) is 0.750. The lowest BCUT2D eigenvalue weighted by Gasteiger charge is -2.03. The largest absolute Gasteiger partial charge is 0.361 e.